The van der Waals surface area contributed by atoms with Crippen LogP contribution in [0.25, 0.3) is 0 Å². The Balaban J connectivity index is 1.68. The predicted octanol–water partition coefficient (Wildman–Crippen LogP) is 4.51. The third-order valence-electron chi connectivity index (χ3n) is 6.17. The molecule has 1 heterocycles. The maximum atomic E-state index is 15.0. The van der Waals surface area contributed by atoms with Gasteiger partial charge in [0.25, 0.3) is 5.91 Å². The van der Waals surface area contributed by atoms with Crippen LogP contribution in [0.2, 0.25) is 0 Å². The minimum absolute atomic E-state index is 0.00497. The Labute approximate surface area is 207 Å². The number of nitrogens with zero attached hydrogens (tertiary/aromatic N) is 1. The molecule has 0 saturated heterocycles. The smallest absolute Gasteiger partial charge is 0.287 e. The number of para-hydroxylation sites is 1. The van der Waals surface area contributed by atoms with E-state index in [-0.39, 0.29) is 17.5 Å². The van der Waals surface area contributed by atoms with E-state index in [1.807, 2.05) is 0 Å². The van der Waals surface area contributed by atoms with Gasteiger partial charge in [-0.25, -0.2) is 8.78 Å². The van der Waals surface area contributed by atoms with Gasteiger partial charge < -0.3 is 15.1 Å². The third-order valence-corrected chi connectivity index (χ3v) is 6.17. The van der Waals surface area contributed by atoms with E-state index in [4.69, 9.17) is 4.42 Å². The number of halogens is 2. The summed E-state index contributed by atoms with van der Waals surface area (Å²) < 4.78 is 33.8. The molecule has 0 bridgehead atoms. The molecular weight excluding hydrogens is 468 g/mol. The highest BCUT2D eigenvalue weighted by atomic mass is 19.1. The summed E-state index contributed by atoms with van der Waals surface area (Å²) in [5, 5.41) is 5.44. The standard InChI is InChI=1S/C27H27F2N3O4/c28-19-14-12-18(13-15-19)25(27(35)31-20-7-2-1-3-8-20)32(22-10-5-4-9-21(22)29)24(33)17-30-26(34)23-11-6-16-36-23/h4-6,9-16,20,25H,1-3,7-8,17H2,(H,30,34)(H,31,35)/t25-/m1/s1. The fourth-order valence-electron chi connectivity index (χ4n) is 4.39. The summed E-state index contributed by atoms with van der Waals surface area (Å²) in [6.07, 6.45) is 5.96. The Kier molecular flexibility index (Phi) is 8.10. The van der Waals surface area contributed by atoms with Crippen molar-refractivity contribution in [2.45, 2.75) is 44.2 Å². The Hall–Kier alpha value is -4.01. The zero-order chi connectivity index (χ0) is 25.5. The summed E-state index contributed by atoms with van der Waals surface area (Å²) in [5.74, 6) is -3.10. The molecule has 7 nitrogen and oxygen atoms in total. The van der Waals surface area contributed by atoms with Crippen molar-refractivity contribution in [3.8, 4) is 0 Å². The third kappa shape index (κ3) is 5.97. The van der Waals surface area contributed by atoms with Gasteiger partial charge in [-0.15, -0.1) is 0 Å². The topological polar surface area (TPSA) is 91.7 Å². The van der Waals surface area contributed by atoms with Crippen LogP contribution in [0.1, 0.15) is 54.3 Å². The minimum Gasteiger partial charge on any atom is -0.459 e. The Morgan fingerprint density at radius 3 is 2.33 bits per heavy atom. The van der Waals surface area contributed by atoms with Crippen molar-refractivity contribution in [1.29, 1.82) is 0 Å². The molecule has 0 aliphatic heterocycles. The quantitative estimate of drug-likeness (QED) is 0.481. The molecule has 3 amide bonds. The monoisotopic (exact) mass is 495 g/mol. The van der Waals surface area contributed by atoms with E-state index in [1.165, 1.54) is 60.9 Å². The van der Waals surface area contributed by atoms with Gasteiger partial charge in [0.2, 0.25) is 11.8 Å². The van der Waals surface area contributed by atoms with Crippen LogP contribution in [0.3, 0.4) is 0 Å². The highest BCUT2D eigenvalue weighted by molar-refractivity contribution is 6.04. The van der Waals surface area contributed by atoms with Gasteiger partial charge >= 0.3 is 0 Å². The predicted molar refractivity (Wildman–Crippen MR) is 129 cm³/mol. The average molecular weight is 496 g/mol. The zero-order valence-corrected chi connectivity index (χ0v) is 19.6. The second-order valence-electron chi connectivity index (χ2n) is 8.67. The van der Waals surface area contributed by atoms with Crippen LogP contribution in [0.15, 0.2) is 71.3 Å². The number of amides is 3. The number of rotatable bonds is 8. The molecule has 1 fully saturated rings. The molecule has 3 aromatic rings. The average Bonchev–Trinajstić information content (AvgIpc) is 3.43. The molecule has 2 aromatic carbocycles. The maximum Gasteiger partial charge on any atom is 0.287 e. The van der Waals surface area contributed by atoms with Crippen molar-refractivity contribution < 1.29 is 27.6 Å². The minimum atomic E-state index is -1.29. The van der Waals surface area contributed by atoms with Gasteiger partial charge in [-0.05, 0) is 54.8 Å². The van der Waals surface area contributed by atoms with Gasteiger partial charge in [-0.1, -0.05) is 43.5 Å². The number of anilines is 1. The molecule has 0 spiro atoms. The van der Waals surface area contributed by atoms with Crippen molar-refractivity contribution in [3.05, 3.63) is 89.9 Å². The van der Waals surface area contributed by atoms with Gasteiger partial charge in [-0.3, -0.25) is 19.3 Å². The van der Waals surface area contributed by atoms with Crippen LogP contribution in [-0.4, -0.2) is 30.3 Å². The fraction of sp³-hybridized carbons (Fsp3) is 0.296. The zero-order valence-electron chi connectivity index (χ0n) is 19.6. The lowest BCUT2D eigenvalue weighted by atomic mass is 9.94. The Bertz CT molecular complexity index is 1190. The van der Waals surface area contributed by atoms with E-state index in [0.29, 0.717) is 5.56 Å². The lowest BCUT2D eigenvalue weighted by molar-refractivity contribution is -0.127. The second-order valence-corrected chi connectivity index (χ2v) is 8.67. The number of hydrogen-bond donors (Lipinski definition) is 2. The maximum absolute atomic E-state index is 15.0. The second kappa shape index (κ2) is 11.6. The summed E-state index contributed by atoms with van der Waals surface area (Å²) in [6.45, 7) is -0.526. The fourth-order valence-corrected chi connectivity index (χ4v) is 4.39. The summed E-state index contributed by atoms with van der Waals surface area (Å²) in [6, 6.07) is 12.3. The Morgan fingerprint density at radius 1 is 0.944 bits per heavy atom. The van der Waals surface area contributed by atoms with Crippen molar-refractivity contribution in [2.24, 2.45) is 0 Å². The highest BCUT2D eigenvalue weighted by Gasteiger charge is 2.35. The number of nitrogens with one attached hydrogen (secondary N) is 2. The van der Waals surface area contributed by atoms with E-state index in [9.17, 15) is 23.2 Å². The molecule has 1 atom stereocenters. The van der Waals surface area contributed by atoms with Crippen LogP contribution in [-0.2, 0) is 9.59 Å². The highest BCUT2D eigenvalue weighted by Crippen LogP contribution is 2.31. The first-order chi connectivity index (χ1) is 17.4. The normalized spacial score (nSPS) is 14.6. The van der Waals surface area contributed by atoms with E-state index in [0.717, 1.165) is 37.0 Å². The van der Waals surface area contributed by atoms with Crippen LogP contribution < -0.4 is 15.5 Å². The first kappa shape index (κ1) is 25.1. The molecule has 0 radical (unpaired) electrons. The summed E-state index contributed by atoms with van der Waals surface area (Å²) >= 11 is 0. The van der Waals surface area contributed by atoms with E-state index in [1.54, 1.807) is 6.07 Å². The van der Waals surface area contributed by atoms with E-state index in [2.05, 4.69) is 10.6 Å². The SMILES string of the molecule is O=C(NCC(=O)N(c1ccccc1F)[C@@H](C(=O)NC1CCCCC1)c1ccc(F)cc1)c1ccco1. The van der Waals surface area contributed by atoms with Crippen molar-refractivity contribution in [2.75, 3.05) is 11.4 Å². The first-order valence-corrected chi connectivity index (χ1v) is 11.9. The van der Waals surface area contributed by atoms with Gasteiger partial charge in [0.05, 0.1) is 18.5 Å². The van der Waals surface area contributed by atoms with Crippen LogP contribution in [0.5, 0.6) is 0 Å². The molecular formula is C27H27F2N3O4. The largest absolute Gasteiger partial charge is 0.459 e. The molecule has 1 aliphatic rings. The molecule has 36 heavy (non-hydrogen) atoms. The molecule has 1 aliphatic carbocycles. The van der Waals surface area contributed by atoms with E-state index >= 15 is 0 Å². The summed E-state index contributed by atoms with van der Waals surface area (Å²) in [5.41, 5.74) is 0.168. The first-order valence-electron chi connectivity index (χ1n) is 11.9. The van der Waals surface area contributed by atoms with Crippen LogP contribution in [0, 0.1) is 11.6 Å². The molecule has 9 heteroatoms. The summed E-state index contributed by atoms with van der Waals surface area (Å²) in [7, 11) is 0. The molecule has 2 N–H and O–H groups in total. The molecule has 4 rings (SSSR count). The lowest BCUT2D eigenvalue weighted by Crippen LogP contribution is -2.50. The molecule has 0 unspecified atom stereocenters. The van der Waals surface area contributed by atoms with Gasteiger partial charge in [0.1, 0.15) is 17.7 Å². The van der Waals surface area contributed by atoms with Crippen LogP contribution in [0.4, 0.5) is 14.5 Å². The van der Waals surface area contributed by atoms with Gasteiger partial charge in [0, 0.05) is 6.04 Å². The molecule has 1 saturated carbocycles. The number of benzene rings is 2. The summed E-state index contributed by atoms with van der Waals surface area (Å²) in [4.78, 5) is 40.5. The van der Waals surface area contributed by atoms with Crippen molar-refractivity contribution in [1.82, 2.24) is 10.6 Å². The number of furan rings is 1. The number of carbonyl (C=O) groups excluding carboxylic acids is 3. The van der Waals surface area contributed by atoms with Crippen molar-refractivity contribution in [3.63, 3.8) is 0 Å². The Morgan fingerprint density at radius 2 is 1.67 bits per heavy atom. The van der Waals surface area contributed by atoms with Gasteiger partial charge in [-0.2, -0.15) is 0 Å². The number of hydrogen-bond acceptors (Lipinski definition) is 4. The van der Waals surface area contributed by atoms with Crippen molar-refractivity contribution >= 4 is 23.4 Å². The number of carbonyl (C=O) groups is 3. The molecule has 188 valence electrons. The molecule has 1 aromatic heterocycles. The van der Waals surface area contributed by atoms with Crippen LogP contribution >= 0.6 is 0 Å². The van der Waals surface area contributed by atoms with E-state index < -0.39 is 41.9 Å². The van der Waals surface area contributed by atoms with Gasteiger partial charge in [0.15, 0.2) is 5.76 Å². The lowest BCUT2D eigenvalue weighted by Gasteiger charge is -2.33.